The Morgan fingerprint density at radius 1 is 1.21 bits per heavy atom. The third-order valence-electron chi connectivity index (χ3n) is 5.24. The lowest BCUT2D eigenvalue weighted by Gasteiger charge is -2.15. The molecule has 2 atom stereocenters. The van der Waals surface area contributed by atoms with E-state index < -0.39 is 0 Å². The van der Waals surface area contributed by atoms with Gasteiger partial charge in [-0.2, -0.15) is 0 Å². The maximum atomic E-state index is 6.29. The number of nitrogens with two attached hydrogens (primary N) is 1. The Labute approximate surface area is 179 Å². The molecule has 1 saturated heterocycles. The molecule has 0 saturated carbocycles. The highest BCUT2D eigenvalue weighted by atomic mass is 79.9. The smallest absolute Gasteiger partial charge is 0.148 e. The van der Waals surface area contributed by atoms with Crippen molar-refractivity contribution in [2.45, 2.75) is 44.6 Å². The summed E-state index contributed by atoms with van der Waals surface area (Å²) < 4.78 is 9.26. The van der Waals surface area contributed by atoms with Gasteiger partial charge in [0.25, 0.3) is 0 Å². The zero-order valence-electron chi connectivity index (χ0n) is 16.3. The SMILES string of the molecule is Nc1ncnc2c1c(Br)cn2C1CCC(CC/C=C/CNCc2ccccc2)O1. The molecular weight excluding hydrogens is 430 g/mol. The van der Waals surface area contributed by atoms with Gasteiger partial charge in [0.05, 0.1) is 11.5 Å². The summed E-state index contributed by atoms with van der Waals surface area (Å²) in [4.78, 5) is 8.48. The zero-order valence-corrected chi connectivity index (χ0v) is 17.9. The Bertz CT molecular complexity index is 972. The van der Waals surface area contributed by atoms with Crippen LogP contribution in [0, 0.1) is 0 Å². The van der Waals surface area contributed by atoms with Crippen LogP contribution in [-0.4, -0.2) is 27.2 Å². The molecule has 0 aliphatic carbocycles. The minimum atomic E-state index is -0.000353. The van der Waals surface area contributed by atoms with E-state index in [9.17, 15) is 0 Å². The number of aromatic nitrogens is 3. The van der Waals surface area contributed by atoms with Crippen molar-refractivity contribution in [3.05, 3.63) is 65.0 Å². The number of fused-ring (bicyclic) bond motifs is 1. The van der Waals surface area contributed by atoms with Crippen LogP contribution in [0.15, 0.2) is 59.5 Å². The molecule has 0 spiro atoms. The number of nitrogens with one attached hydrogen (secondary N) is 1. The van der Waals surface area contributed by atoms with Crippen LogP contribution in [0.5, 0.6) is 0 Å². The van der Waals surface area contributed by atoms with Crippen molar-refractivity contribution in [3.8, 4) is 0 Å². The second-order valence-electron chi connectivity index (χ2n) is 7.30. The number of hydrogen-bond donors (Lipinski definition) is 2. The van der Waals surface area contributed by atoms with Crippen LogP contribution in [0.2, 0.25) is 0 Å². The van der Waals surface area contributed by atoms with Crippen molar-refractivity contribution < 1.29 is 4.74 Å². The van der Waals surface area contributed by atoms with Gasteiger partial charge in [-0.25, -0.2) is 9.97 Å². The Morgan fingerprint density at radius 3 is 2.93 bits per heavy atom. The van der Waals surface area contributed by atoms with E-state index in [1.807, 2.05) is 12.3 Å². The average molecular weight is 456 g/mol. The highest BCUT2D eigenvalue weighted by Crippen LogP contribution is 2.36. The van der Waals surface area contributed by atoms with Crippen molar-refractivity contribution in [2.75, 3.05) is 12.3 Å². The van der Waals surface area contributed by atoms with Crippen LogP contribution < -0.4 is 11.1 Å². The molecule has 1 aromatic carbocycles. The van der Waals surface area contributed by atoms with Gasteiger partial charge in [-0.15, -0.1) is 0 Å². The predicted octanol–water partition coefficient (Wildman–Crippen LogP) is 4.58. The first-order chi connectivity index (χ1) is 14.2. The average Bonchev–Trinajstić information content (AvgIpc) is 3.33. The van der Waals surface area contributed by atoms with E-state index in [2.05, 4.69) is 72.2 Å². The zero-order chi connectivity index (χ0) is 20.1. The van der Waals surface area contributed by atoms with Crippen LogP contribution in [0.3, 0.4) is 0 Å². The molecule has 4 rings (SSSR count). The van der Waals surface area contributed by atoms with E-state index in [0.717, 1.165) is 54.3 Å². The first kappa shape index (κ1) is 20.1. The second kappa shape index (κ2) is 9.52. The second-order valence-corrected chi connectivity index (χ2v) is 8.15. The predicted molar refractivity (Wildman–Crippen MR) is 119 cm³/mol. The fourth-order valence-electron chi connectivity index (χ4n) is 3.76. The molecule has 0 radical (unpaired) electrons. The van der Waals surface area contributed by atoms with Crippen molar-refractivity contribution >= 4 is 32.8 Å². The molecule has 1 fully saturated rings. The molecule has 0 bridgehead atoms. The van der Waals surface area contributed by atoms with Gasteiger partial charge in [0, 0.05) is 23.8 Å². The number of rotatable bonds is 8. The van der Waals surface area contributed by atoms with Crippen LogP contribution in [-0.2, 0) is 11.3 Å². The fraction of sp³-hybridized carbons (Fsp3) is 0.364. The lowest BCUT2D eigenvalue weighted by atomic mass is 10.1. The van der Waals surface area contributed by atoms with E-state index in [1.165, 1.54) is 11.9 Å². The monoisotopic (exact) mass is 455 g/mol. The van der Waals surface area contributed by atoms with Gasteiger partial charge < -0.3 is 20.4 Å². The summed E-state index contributed by atoms with van der Waals surface area (Å²) in [7, 11) is 0. The van der Waals surface area contributed by atoms with E-state index in [1.54, 1.807) is 0 Å². The molecule has 7 heteroatoms. The molecule has 3 aromatic rings. The van der Waals surface area contributed by atoms with Gasteiger partial charge in [-0.1, -0.05) is 42.5 Å². The maximum absolute atomic E-state index is 6.29. The minimum Gasteiger partial charge on any atom is -0.383 e. The summed E-state index contributed by atoms with van der Waals surface area (Å²) >= 11 is 3.57. The quantitative estimate of drug-likeness (QED) is 0.383. The Morgan fingerprint density at radius 2 is 2.07 bits per heavy atom. The number of allylic oxidation sites excluding steroid dienone is 1. The van der Waals surface area contributed by atoms with Gasteiger partial charge in [0.15, 0.2) is 0 Å². The number of ether oxygens (including phenoxy) is 1. The molecule has 0 amide bonds. The Hall–Kier alpha value is -2.22. The lowest BCUT2D eigenvalue weighted by molar-refractivity contribution is 0.00143. The largest absolute Gasteiger partial charge is 0.383 e. The number of benzene rings is 1. The van der Waals surface area contributed by atoms with Crippen molar-refractivity contribution in [3.63, 3.8) is 0 Å². The third-order valence-corrected chi connectivity index (χ3v) is 5.85. The third kappa shape index (κ3) is 4.86. The van der Waals surface area contributed by atoms with E-state index >= 15 is 0 Å². The number of nitrogens with zero attached hydrogens (tertiary/aromatic N) is 3. The van der Waals surface area contributed by atoms with Crippen LogP contribution in [0.4, 0.5) is 5.82 Å². The molecule has 29 heavy (non-hydrogen) atoms. The molecule has 6 nitrogen and oxygen atoms in total. The first-order valence-electron chi connectivity index (χ1n) is 10.0. The molecule has 2 unspecified atom stereocenters. The topological polar surface area (TPSA) is 78.0 Å². The molecule has 1 aliphatic rings. The van der Waals surface area contributed by atoms with Gasteiger partial charge in [-0.3, -0.25) is 0 Å². The molecular formula is C22H26BrN5O. The number of hydrogen-bond acceptors (Lipinski definition) is 5. The van der Waals surface area contributed by atoms with Gasteiger partial charge in [0.2, 0.25) is 0 Å². The normalized spacial score (nSPS) is 19.5. The van der Waals surface area contributed by atoms with Crippen molar-refractivity contribution in [1.29, 1.82) is 0 Å². The van der Waals surface area contributed by atoms with Gasteiger partial charge in [-0.05, 0) is 47.2 Å². The number of halogens is 1. The molecule has 3 N–H and O–H groups in total. The summed E-state index contributed by atoms with van der Waals surface area (Å²) in [6.07, 6.45) is 12.3. The Kier molecular flexibility index (Phi) is 6.59. The van der Waals surface area contributed by atoms with Crippen molar-refractivity contribution in [1.82, 2.24) is 19.9 Å². The summed E-state index contributed by atoms with van der Waals surface area (Å²) in [5, 5.41) is 4.29. The van der Waals surface area contributed by atoms with Crippen LogP contribution in [0.25, 0.3) is 11.0 Å². The Balaban J connectivity index is 1.22. The summed E-state index contributed by atoms with van der Waals surface area (Å²) in [6, 6.07) is 10.5. The first-order valence-corrected chi connectivity index (χ1v) is 10.8. The summed E-state index contributed by atoms with van der Waals surface area (Å²) in [5.41, 5.74) is 8.12. The van der Waals surface area contributed by atoms with E-state index in [4.69, 9.17) is 10.5 Å². The lowest BCUT2D eigenvalue weighted by Crippen LogP contribution is -2.12. The standard InChI is InChI=1S/C22H26BrN5O/c23-18-14-28(22-20(18)21(24)26-15-27-22)19-11-10-17(29-19)9-5-2-6-12-25-13-16-7-3-1-4-8-16/h1-4,6-8,14-15,17,19,25H,5,9-13H2,(H2,24,26,27)/b6-2+. The van der Waals surface area contributed by atoms with E-state index in [-0.39, 0.29) is 12.3 Å². The highest BCUT2D eigenvalue weighted by Gasteiger charge is 2.28. The minimum absolute atomic E-state index is 0.000353. The number of nitrogen functional groups attached to an aromatic ring is 1. The molecule has 152 valence electrons. The van der Waals surface area contributed by atoms with Crippen LogP contribution in [0.1, 0.15) is 37.5 Å². The fourth-order valence-corrected chi connectivity index (χ4v) is 4.37. The molecule has 1 aliphatic heterocycles. The maximum Gasteiger partial charge on any atom is 0.148 e. The molecule has 2 aromatic heterocycles. The molecule has 3 heterocycles. The van der Waals surface area contributed by atoms with Gasteiger partial charge >= 0.3 is 0 Å². The van der Waals surface area contributed by atoms with Gasteiger partial charge in [0.1, 0.15) is 24.0 Å². The van der Waals surface area contributed by atoms with Crippen LogP contribution >= 0.6 is 15.9 Å². The summed E-state index contributed by atoms with van der Waals surface area (Å²) in [5.74, 6) is 0.487. The highest BCUT2D eigenvalue weighted by molar-refractivity contribution is 9.10. The van der Waals surface area contributed by atoms with Crippen molar-refractivity contribution in [2.24, 2.45) is 0 Å². The summed E-state index contributed by atoms with van der Waals surface area (Å²) in [6.45, 7) is 1.78. The van der Waals surface area contributed by atoms with E-state index in [0.29, 0.717) is 5.82 Å². The number of anilines is 1.